The molecule has 2 aromatic carbocycles. The molecule has 0 atom stereocenters. The van der Waals surface area contributed by atoms with Crippen LogP contribution in [0.2, 0.25) is 0 Å². The molecule has 3 rings (SSSR count). The number of nitrogens with zero attached hydrogens (tertiary/aromatic N) is 1. The van der Waals surface area contributed by atoms with E-state index >= 15 is 0 Å². The molecule has 21 heavy (non-hydrogen) atoms. The molecule has 0 radical (unpaired) electrons. The molecule has 0 unspecified atom stereocenters. The van der Waals surface area contributed by atoms with E-state index in [9.17, 15) is 9.18 Å². The van der Waals surface area contributed by atoms with Gasteiger partial charge in [-0.2, -0.15) is 0 Å². The topological polar surface area (TPSA) is 46.3 Å². The maximum absolute atomic E-state index is 14.0. The molecule has 0 aliphatic carbocycles. The van der Waals surface area contributed by atoms with E-state index in [1.54, 1.807) is 24.0 Å². The lowest BCUT2D eigenvalue weighted by Crippen LogP contribution is -2.29. The third-order valence-corrected chi connectivity index (χ3v) is 3.96. The molecular formula is C17H17FN2O. The van der Waals surface area contributed by atoms with Crippen LogP contribution in [0.15, 0.2) is 30.3 Å². The molecule has 0 aromatic heterocycles. The zero-order valence-corrected chi connectivity index (χ0v) is 12.1. The van der Waals surface area contributed by atoms with Crippen LogP contribution in [0.3, 0.4) is 0 Å². The van der Waals surface area contributed by atoms with Crippen molar-refractivity contribution in [2.75, 3.05) is 17.2 Å². The number of carbonyl (C=O) groups excluding carboxylic acids is 1. The van der Waals surface area contributed by atoms with Crippen molar-refractivity contribution < 1.29 is 9.18 Å². The molecule has 0 spiro atoms. The molecule has 1 aliphatic heterocycles. The van der Waals surface area contributed by atoms with Gasteiger partial charge in [-0.25, -0.2) is 4.39 Å². The van der Waals surface area contributed by atoms with Crippen molar-refractivity contribution >= 4 is 17.3 Å². The summed E-state index contributed by atoms with van der Waals surface area (Å²) in [6.07, 6.45) is 0.773. The van der Waals surface area contributed by atoms with E-state index in [-0.39, 0.29) is 11.5 Å². The fraction of sp³-hybridized carbons (Fsp3) is 0.235. The van der Waals surface area contributed by atoms with Gasteiger partial charge in [0.1, 0.15) is 5.82 Å². The first kappa shape index (κ1) is 13.6. The van der Waals surface area contributed by atoms with Gasteiger partial charge in [0, 0.05) is 17.9 Å². The number of halogens is 1. The summed E-state index contributed by atoms with van der Waals surface area (Å²) >= 11 is 0. The largest absolute Gasteiger partial charge is 0.398 e. The minimum absolute atomic E-state index is 0.104. The quantitative estimate of drug-likeness (QED) is 0.817. The summed E-state index contributed by atoms with van der Waals surface area (Å²) < 4.78 is 14.0. The van der Waals surface area contributed by atoms with Crippen LogP contribution in [0, 0.1) is 19.7 Å². The minimum Gasteiger partial charge on any atom is -0.398 e. The maximum atomic E-state index is 14.0. The lowest BCUT2D eigenvalue weighted by Gasteiger charge is -2.18. The highest BCUT2D eigenvalue weighted by Gasteiger charge is 2.27. The molecule has 2 aromatic rings. The van der Waals surface area contributed by atoms with Crippen LogP contribution < -0.4 is 10.6 Å². The lowest BCUT2D eigenvalue weighted by atomic mass is 10.1. The van der Waals surface area contributed by atoms with E-state index < -0.39 is 5.82 Å². The summed E-state index contributed by atoms with van der Waals surface area (Å²) in [5.74, 6) is -0.789. The molecule has 1 heterocycles. The van der Waals surface area contributed by atoms with Crippen molar-refractivity contribution in [2.24, 2.45) is 0 Å². The predicted molar refractivity (Wildman–Crippen MR) is 82.1 cm³/mol. The number of aryl methyl sites for hydroxylation is 2. The van der Waals surface area contributed by atoms with Gasteiger partial charge in [0.25, 0.3) is 5.91 Å². The first-order valence-corrected chi connectivity index (χ1v) is 6.94. The molecule has 4 heteroatoms. The lowest BCUT2D eigenvalue weighted by molar-refractivity contribution is 0.0985. The standard InChI is InChI=1S/C17H17FN2O/c1-10-3-4-13(14(18)7-10)17(21)20-6-5-12-8-11(2)15(19)9-16(12)20/h3-4,7-9H,5-6,19H2,1-2H3. The monoisotopic (exact) mass is 284 g/mol. The minimum atomic E-state index is -0.478. The number of nitrogens with two attached hydrogens (primary N) is 1. The zero-order chi connectivity index (χ0) is 15.1. The summed E-state index contributed by atoms with van der Waals surface area (Å²) in [6, 6.07) is 8.48. The summed E-state index contributed by atoms with van der Waals surface area (Å²) in [6.45, 7) is 4.30. The Kier molecular flexibility index (Phi) is 3.16. The van der Waals surface area contributed by atoms with Gasteiger partial charge in [-0.05, 0) is 55.2 Å². The second-order valence-electron chi connectivity index (χ2n) is 5.53. The van der Waals surface area contributed by atoms with Crippen LogP contribution in [-0.4, -0.2) is 12.5 Å². The van der Waals surface area contributed by atoms with Crippen LogP contribution in [0.25, 0.3) is 0 Å². The average Bonchev–Trinajstić information content (AvgIpc) is 2.81. The van der Waals surface area contributed by atoms with Gasteiger partial charge < -0.3 is 10.6 Å². The smallest absolute Gasteiger partial charge is 0.261 e. The van der Waals surface area contributed by atoms with E-state index in [4.69, 9.17) is 5.73 Å². The van der Waals surface area contributed by atoms with E-state index in [1.807, 2.05) is 19.1 Å². The Morgan fingerprint density at radius 3 is 2.71 bits per heavy atom. The summed E-state index contributed by atoms with van der Waals surface area (Å²) in [5.41, 5.74) is 10.4. The van der Waals surface area contributed by atoms with Crippen molar-refractivity contribution in [2.45, 2.75) is 20.3 Å². The van der Waals surface area contributed by atoms with Gasteiger partial charge in [-0.3, -0.25) is 4.79 Å². The average molecular weight is 284 g/mol. The number of anilines is 2. The Bertz CT molecular complexity index is 740. The number of hydrogen-bond acceptors (Lipinski definition) is 2. The Morgan fingerprint density at radius 1 is 1.24 bits per heavy atom. The Hall–Kier alpha value is -2.36. The molecule has 1 aliphatic rings. The summed E-state index contributed by atoms with van der Waals surface area (Å²) in [4.78, 5) is 14.2. The fourth-order valence-electron chi connectivity index (χ4n) is 2.73. The molecule has 0 saturated heterocycles. The molecule has 108 valence electrons. The van der Waals surface area contributed by atoms with Crippen molar-refractivity contribution in [1.82, 2.24) is 0 Å². The molecule has 2 N–H and O–H groups in total. The molecular weight excluding hydrogens is 267 g/mol. The van der Waals surface area contributed by atoms with E-state index in [0.717, 1.165) is 28.8 Å². The number of benzene rings is 2. The number of carbonyl (C=O) groups is 1. The number of nitrogen functional groups attached to an aromatic ring is 1. The Balaban J connectivity index is 2.00. The second-order valence-corrected chi connectivity index (χ2v) is 5.53. The molecule has 0 fully saturated rings. The highest BCUT2D eigenvalue weighted by atomic mass is 19.1. The third kappa shape index (κ3) is 2.27. The van der Waals surface area contributed by atoms with Crippen molar-refractivity contribution in [1.29, 1.82) is 0 Å². The van der Waals surface area contributed by atoms with Gasteiger partial charge in [-0.15, -0.1) is 0 Å². The van der Waals surface area contributed by atoms with Crippen molar-refractivity contribution in [3.63, 3.8) is 0 Å². The Labute approximate surface area is 123 Å². The first-order chi connectivity index (χ1) is 9.97. The second kappa shape index (κ2) is 4.88. The van der Waals surface area contributed by atoms with Crippen molar-refractivity contribution in [3.8, 4) is 0 Å². The third-order valence-electron chi connectivity index (χ3n) is 3.96. The van der Waals surface area contributed by atoms with Crippen LogP contribution in [0.4, 0.5) is 15.8 Å². The van der Waals surface area contributed by atoms with E-state index in [2.05, 4.69) is 0 Å². The van der Waals surface area contributed by atoms with Gasteiger partial charge in [0.15, 0.2) is 0 Å². The molecule has 0 saturated carbocycles. The summed E-state index contributed by atoms with van der Waals surface area (Å²) in [5, 5.41) is 0. The van der Waals surface area contributed by atoms with Gasteiger partial charge in [0.2, 0.25) is 0 Å². The predicted octanol–water partition coefficient (Wildman–Crippen LogP) is 3.23. The van der Waals surface area contributed by atoms with Crippen LogP contribution in [-0.2, 0) is 6.42 Å². The first-order valence-electron chi connectivity index (χ1n) is 6.94. The van der Waals surface area contributed by atoms with Crippen LogP contribution in [0.5, 0.6) is 0 Å². The number of fused-ring (bicyclic) bond motifs is 1. The highest BCUT2D eigenvalue weighted by molar-refractivity contribution is 6.07. The fourth-order valence-corrected chi connectivity index (χ4v) is 2.73. The SMILES string of the molecule is Cc1ccc(C(=O)N2CCc3cc(C)c(N)cc32)c(F)c1. The van der Waals surface area contributed by atoms with Gasteiger partial charge in [-0.1, -0.05) is 12.1 Å². The summed E-state index contributed by atoms with van der Waals surface area (Å²) in [7, 11) is 0. The molecule has 1 amide bonds. The molecule has 3 nitrogen and oxygen atoms in total. The Morgan fingerprint density at radius 2 is 2.00 bits per heavy atom. The molecule has 0 bridgehead atoms. The van der Waals surface area contributed by atoms with Gasteiger partial charge >= 0.3 is 0 Å². The highest BCUT2D eigenvalue weighted by Crippen LogP contribution is 2.33. The van der Waals surface area contributed by atoms with E-state index in [0.29, 0.717) is 12.2 Å². The van der Waals surface area contributed by atoms with Crippen LogP contribution >= 0.6 is 0 Å². The maximum Gasteiger partial charge on any atom is 0.261 e. The number of hydrogen-bond donors (Lipinski definition) is 1. The number of amides is 1. The van der Waals surface area contributed by atoms with Gasteiger partial charge in [0.05, 0.1) is 5.56 Å². The number of rotatable bonds is 1. The van der Waals surface area contributed by atoms with Crippen molar-refractivity contribution in [3.05, 3.63) is 58.4 Å². The zero-order valence-electron chi connectivity index (χ0n) is 12.1. The normalized spacial score (nSPS) is 13.4. The van der Waals surface area contributed by atoms with E-state index in [1.165, 1.54) is 6.07 Å². The van der Waals surface area contributed by atoms with Crippen LogP contribution in [0.1, 0.15) is 27.0 Å².